The van der Waals surface area contributed by atoms with E-state index in [1.54, 1.807) is 14.2 Å². The van der Waals surface area contributed by atoms with Crippen LogP contribution >= 0.6 is 0 Å². The Morgan fingerprint density at radius 2 is 1.94 bits per heavy atom. The molecule has 0 aromatic heterocycles. The molecule has 0 aliphatic carbocycles. The molecule has 3 aliphatic rings. The third-order valence-corrected chi connectivity index (χ3v) is 7.85. The number of methoxy groups -OCH3 is 2. The first-order chi connectivity index (χ1) is 15.7. The first kappa shape index (κ1) is 24.1. The second kappa shape index (κ2) is 9.71. The highest BCUT2D eigenvalue weighted by Crippen LogP contribution is 2.48. The summed E-state index contributed by atoms with van der Waals surface area (Å²) in [4.78, 5) is 15.8. The molecule has 7 heteroatoms. The molecule has 2 fully saturated rings. The van der Waals surface area contributed by atoms with Crippen LogP contribution in [0.25, 0.3) is 0 Å². The molecule has 184 valence electrons. The Morgan fingerprint density at radius 1 is 1.21 bits per heavy atom. The second-order valence-corrected chi connectivity index (χ2v) is 10.8. The van der Waals surface area contributed by atoms with Gasteiger partial charge in [0, 0.05) is 25.7 Å². The maximum Gasteiger partial charge on any atom is 0.407 e. The van der Waals surface area contributed by atoms with Gasteiger partial charge in [0.05, 0.1) is 33.0 Å². The van der Waals surface area contributed by atoms with Crippen LogP contribution in [-0.4, -0.2) is 73.6 Å². The van der Waals surface area contributed by atoms with Crippen molar-refractivity contribution in [3.63, 3.8) is 0 Å². The van der Waals surface area contributed by atoms with Crippen molar-refractivity contribution >= 4 is 6.09 Å². The van der Waals surface area contributed by atoms with Crippen molar-refractivity contribution in [3.8, 4) is 11.5 Å². The number of nitrogens with zero attached hydrogens (tertiary/aromatic N) is 2. The highest BCUT2D eigenvalue weighted by atomic mass is 16.5. The molecule has 0 unspecified atom stereocenters. The van der Waals surface area contributed by atoms with Gasteiger partial charge in [-0.25, -0.2) is 4.79 Å². The van der Waals surface area contributed by atoms with Gasteiger partial charge in [0.1, 0.15) is 0 Å². The van der Waals surface area contributed by atoms with Gasteiger partial charge in [-0.2, -0.15) is 0 Å². The molecule has 7 nitrogen and oxygen atoms in total. The van der Waals surface area contributed by atoms with E-state index in [-0.39, 0.29) is 0 Å². The predicted octanol–water partition coefficient (Wildman–Crippen LogP) is 4.44. The summed E-state index contributed by atoms with van der Waals surface area (Å²) in [7, 11) is 3.39. The molecule has 4 rings (SSSR count). The van der Waals surface area contributed by atoms with E-state index in [1.165, 1.54) is 22.4 Å². The number of benzene rings is 1. The Hall–Kier alpha value is -1.99. The molecule has 33 heavy (non-hydrogen) atoms. The number of piperidine rings is 1. The first-order valence-electron chi connectivity index (χ1n) is 12.3. The molecule has 2 saturated heterocycles. The monoisotopic (exact) mass is 460 g/mol. The lowest BCUT2D eigenvalue weighted by Gasteiger charge is -2.50. The van der Waals surface area contributed by atoms with Crippen molar-refractivity contribution in [2.24, 2.45) is 17.8 Å². The molecule has 1 amide bonds. The standard InChI is InChI=1S/C26H40N2O5/c1-17(2)10-20-15-27-7-6-18-12-23(31-4)24(32-5)13-21(18)22(27)11-19(20)14-26(3)16-28(25(29)30)8-9-33-26/h12-13,17,19-20,22H,6-11,14-16H2,1-5H3,(H,29,30)/t19-,20-,22-,26-/m1/s1. The summed E-state index contributed by atoms with van der Waals surface area (Å²) in [5.74, 6) is 3.28. The van der Waals surface area contributed by atoms with Crippen LogP contribution in [0.5, 0.6) is 11.5 Å². The zero-order valence-corrected chi connectivity index (χ0v) is 20.8. The molecule has 0 spiro atoms. The van der Waals surface area contributed by atoms with E-state index in [1.807, 2.05) is 0 Å². The van der Waals surface area contributed by atoms with Crippen molar-refractivity contribution in [2.75, 3.05) is 47.0 Å². The second-order valence-electron chi connectivity index (χ2n) is 10.8. The van der Waals surface area contributed by atoms with Crippen LogP contribution in [0, 0.1) is 17.8 Å². The summed E-state index contributed by atoms with van der Waals surface area (Å²) in [6.07, 6.45) is 3.32. The number of hydrogen-bond donors (Lipinski definition) is 1. The average Bonchev–Trinajstić information content (AvgIpc) is 2.77. The average molecular weight is 461 g/mol. The molecule has 4 atom stereocenters. The number of fused-ring (bicyclic) bond motifs is 3. The lowest BCUT2D eigenvalue weighted by Crippen LogP contribution is -2.54. The summed E-state index contributed by atoms with van der Waals surface area (Å²) in [5.41, 5.74) is 2.27. The van der Waals surface area contributed by atoms with E-state index in [9.17, 15) is 9.90 Å². The minimum absolute atomic E-state index is 0.352. The topological polar surface area (TPSA) is 71.5 Å². The van der Waals surface area contributed by atoms with Crippen molar-refractivity contribution in [3.05, 3.63) is 23.3 Å². The fourth-order valence-electron chi connectivity index (χ4n) is 6.40. The third kappa shape index (κ3) is 5.09. The van der Waals surface area contributed by atoms with E-state index in [0.29, 0.717) is 43.5 Å². The number of ether oxygens (including phenoxy) is 3. The van der Waals surface area contributed by atoms with Gasteiger partial charge in [0.2, 0.25) is 0 Å². The quantitative estimate of drug-likeness (QED) is 0.677. The maximum atomic E-state index is 11.6. The third-order valence-electron chi connectivity index (χ3n) is 7.85. The smallest absolute Gasteiger partial charge is 0.407 e. The molecule has 3 heterocycles. The zero-order chi connectivity index (χ0) is 23.8. The van der Waals surface area contributed by atoms with Gasteiger partial charge in [-0.15, -0.1) is 0 Å². The van der Waals surface area contributed by atoms with E-state index < -0.39 is 11.7 Å². The highest BCUT2D eigenvalue weighted by Gasteiger charge is 2.44. The van der Waals surface area contributed by atoms with E-state index in [2.05, 4.69) is 37.8 Å². The predicted molar refractivity (Wildman–Crippen MR) is 127 cm³/mol. The van der Waals surface area contributed by atoms with Gasteiger partial charge in [0.15, 0.2) is 11.5 Å². The van der Waals surface area contributed by atoms with Gasteiger partial charge >= 0.3 is 6.09 Å². The lowest BCUT2D eigenvalue weighted by atomic mass is 9.70. The SMILES string of the molecule is COc1cc2c(cc1OC)[C@H]1C[C@H](C[C@]3(C)CN(C(=O)O)CCO3)[C@H](CC(C)C)CN1CC2. The van der Waals surface area contributed by atoms with Gasteiger partial charge in [0.25, 0.3) is 0 Å². The maximum absolute atomic E-state index is 11.6. The lowest BCUT2D eigenvalue weighted by molar-refractivity contribution is -0.113. The van der Waals surface area contributed by atoms with Crippen LogP contribution in [0.4, 0.5) is 4.79 Å². The molecule has 1 aromatic carbocycles. The summed E-state index contributed by atoms with van der Waals surface area (Å²) in [6, 6.07) is 4.68. The number of morpholine rings is 1. The normalized spacial score (nSPS) is 30.0. The van der Waals surface area contributed by atoms with Gasteiger partial charge < -0.3 is 24.2 Å². The van der Waals surface area contributed by atoms with Crippen molar-refractivity contribution in [2.45, 2.75) is 58.1 Å². The Kier molecular flexibility index (Phi) is 7.10. The number of amides is 1. The Labute approximate surface area is 198 Å². The molecule has 3 aliphatic heterocycles. The van der Waals surface area contributed by atoms with E-state index >= 15 is 0 Å². The largest absolute Gasteiger partial charge is 0.493 e. The van der Waals surface area contributed by atoms with Crippen LogP contribution in [0.2, 0.25) is 0 Å². The number of carbonyl (C=O) groups is 1. The fraction of sp³-hybridized carbons (Fsp3) is 0.731. The summed E-state index contributed by atoms with van der Waals surface area (Å²) in [5, 5.41) is 9.54. The zero-order valence-electron chi connectivity index (χ0n) is 20.8. The molecule has 1 N–H and O–H groups in total. The minimum Gasteiger partial charge on any atom is -0.493 e. The summed E-state index contributed by atoms with van der Waals surface area (Å²) >= 11 is 0. The minimum atomic E-state index is -0.847. The van der Waals surface area contributed by atoms with E-state index in [0.717, 1.165) is 43.9 Å². The first-order valence-corrected chi connectivity index (χ1v) is 12.3. The molecular formula is C26H40N2O5. The Balaban J connectivity index is 1.60. The summed E-state index contributed by atoms with van der Waals surface area (Å²) in [6.45, 7) is 10.2. The number of hydrogen-bond acceptors (Lipinski definition) is 5. The molecule has 0 radical (unpaired) electrons. The van der Waals surface area contributed by atoms with Gasteiger partial charge in [-0.3, -0.25) is 4.90 Å². The van der Waals surface area contributed by atoms with Crippen LogP contribution in [-0.2, 0) is 11.2 Å². The summed E-state index contributed by atoms with van der Waals surface area (Å²) < 4.78 is 17.4. The Morgan fingerprint density at radius 3 is 2.61 bits per heavy atom. The highest BCUT2D eigenvalue weighted by molar-refractivity contribution is 5.65. The van der Waals surface area contributed by atoms with Crippen LogP contribution in [0.3, 0.4) is 0 Å². The molecular weight excluding hydrogens is 420 g/mol. The molecule has 1 aromatic rings. The molecule has 0 saturated carbocycles. The van der Waals surface area contributed by atoms with Crippen LogP contribution in [0.15, 0.2) is 12.1 Å². The van der Waals surface area contributed by atoms with Crippen molar-refractivity contribution < 1.29 is 24.1 Å². The van der Waals surface area contributed by atoms with E-state index in [4.69, 9.17) is 14.2 Å². The fourth-order valence-corrected chi connectivity index (χ4v) is 6.40. The van der Waals surface area contributed by atoms with Crippen LogP contribution < -0.4 is 9.47 Å². The van der Waals surface area contributed by atoms with Crippen molar-refractivity contribution in [1.82, 2.24) is 9.80 Å². The Bertz CT molecular complexity index is 859. The number of rotatable bonds is 6. The van der Waals surface area contributed by atoms with Crippen molar-refractivity contribution in [1.29, 1.82) is 0 Å². The van der Waals surface area contributed by atoms with Gasteiger partial charge in [-0.1, -0.05) is 13.8 Å². The number of carboxylic acid groups (broad SMARTS) is 1. The molecule has 0 bridgehead atoms. The van der Waals surface area contributed by atoms with Gasteiger partial charge in [-0.05, 0) is 73.6 Å². The van der Waals surface area contributed by atoms with Crippen LogP contribution in [0.1, 0.15) is 57.2 Å².